The number of aromatic hydroxyl groups is 1. The highest BCUT2D eigenvalue weighted by Crippen LogP contribution is 2.26. The van der Waals surface area contributed by atoms with Crippen LogP contribution in [0.2, 0.25) is 0 Å². The van der Waals surface area contributed by atoms with E-state index in [1.165, 1.54) is 19.3 Å². The van der Waals surface area contributed by atoms with Crippen molar-refractivity contribution < 1.29 is 14.9 Å². The van der Waals surface area contributed by atoms with Gasteiger partial charge in [0.2, 0.25) is 0 Å². The van der Waals surface area contributed by atoms with Gasteiger partial charge in [-0.05, 0) is 36.5 Å². The van der Waals surface area contributed by atoms with Gasteiger partial charge in [-0.25, -0.2) is 0 Å². The van der Waals surface area contributed by atoms with Crippen LogP contribution in [0.4, 0.5) is 0 Å². The van der Waals surface area contributed by atoms with E-state index in [2.05, 4.69) is 12.2 Å². The number of aliphatic hydroxyl groups excluding tert-OH is 1. The van der Waals surface area contributed by atoms with Gasteiger partial charge in [-0.15, -0.1) is 0 Å². The molecule has 0 spiro atoms. The second-order valence-corrected chi connectivity index (χ2v) is 6.08. The normalized spacial score (nSPS) is 23.9. The molecule has 0 aliphatic heterocycles. The molecule has 3 atom stereocenters. The molecule has 1 fully saturated rings. The highest BCUT2D eigenvalue weighted by atomic mass is 16.5. The summed E-state index contributed by atoms with van der Waals surface area (Å²) in [6, 6.07) is 7.08. The molecule has 0 amide bonds. The van der Waals surface area contributed by atoms with Crippen LogP contribution in [0.3, 0.4) is 0 Å². The second kappa shape index (κ2) is 8.37. The van der Waals surface area contributed by atoms with Crippen LogP contribution in [0.5, 0.6) is 5.75 Å². The van der Waals surface area contributed by atoms with Gasteiger partial charge in [-0.1, -0.05) is 31.9 Å². The van der Waals surface area contributed by atoms with E-state index in [1.807, 2.05) is 12.1 Å². The van der Waals surface area contributed by atoms with Gasteiger partial charge < -0.3 is 20.3 Å². The molecule has 21 heavy (non-hydrogen) atoms. The fraction of sp³-hybridized carbons (Fsp3) is 0.647. The molecule has 4 nitrogen and oxygen atoms in total. The Morgan fingerprint density at radius 2 is 1.95 bits per heavy atom. The third-order valence-corrected chi connectivity index (χ3v) is 4.18. The van der Waals surface area contributed by atoms with Gasteiger partial charge in [0.25, 0.3) is 0 Å². The van der Waals surface area contributed by atoms with E-state index in [0.29, 0.717) is 31.7 Å². The quantitative estimate of drug-likeness (QED) is 0.722. The third kappa shape index (κ3) is 5.65. The Morgan fingerprint density at radius 3 is 2.67 bits per heavy atom. The highest BCUT2D eigenvalue weighted by Gasteiger charge is 2.22. The Kier molecular flexibility index (Phi) is 6.49. The van der Waals surface area contributed by atoms with Crippen molar-refractivity contribution >= 4 is 0 Å². The summed E-state index contributed by atoms with van der Waals surface area (Å²) in [6.45, 7) is 3.83. The van der Waals surface area contributed by atoms with Crippen molar-refractivity contribution in [1.29, 1.82) is 0 Å². The van der Waals surface area contributed by atoms with Crippen LogP contribution in [0.25, 0.3) is 0 Å². The summed E-state index contributed by atoms with van der Waals surface area (Å²) < 4.78 is 5.85. The number of benzene rings is 1. The molecular formula is C17H27NO3. The van der Waals surface area contributed by atoms with E-state index in [4.69, 9.17) is 4.74 Å². The summed E-state index contributed by atoms with van der Waals surface area (Å²) in [5.74, 6) is 0.879. The van der Waals surface area contributed by atoms with Gasteiger partial charge in [0.05, 0.1) is 18.8 Å². The molecule has 1 aliphatic rings. The lowest BCUT2D eigenvalue weighted by Gasteiger charge is -2.29. The second-order valence-electron chi connectivity index (χ2n) is 6.08. The molecule has 118 valence electrons. The molecule has 0 bridgehead atoms. The van der Waals surface area contributed by atoms with Gasteiger partial charge in [0, 0.05) is 13.1 Å². The summed E-state index contributed by atoms with van der Waals surface area (Å²) in [5.41, 5.74) is 1.09. The molecule has 1 aromatic rings. The van der Waals surface area contributed by atoms with E-state index < -0.39 is 6.10 Å². The molecule has 3 N–H and O–H groups in total. The van der Waals surface area contributed by atoms with Crippen LogP contribution >= 0.6 is 0 Å². The van der Waals surface area contributed by atoms with Gasteiger partial charge in [0.1, 0.15) is 5.75 Å². The van der Waals surface area contributed by atoms with Crippen LogP contribution < -0.4 is 5.32 Å². The van der Waals surface area contributed by atoms with Crippen LogP contribution in [0.15, 0.2) is 24.3 Å². The number of hydrogen-bond acceptors (Lipinski definition) is 4. The fourth-order valence-electron chi connectivity index (χ4n) is 2.82. The number of aliphatic hydroxyl groups is 1. The largest absolute Gasteiger partial charge is 0.508 e. The molecule has 2 rings (SSSR count). The van der Waals surface area contributed by atoms with Crippen molar-refractivity contribution in [2.24, 2.45) is 5.92 Å². The Hall–Kier alpha value is -1.10. The Bertz CT molecular complexity index is 407. The first-order valence-corrected chi connectivity index (χ1v) is 7.93. The Balaban J connectivity index is 1.61. The van der Waals surface area contributed by atoms with Gasteiger partial charge in [-0.3, -0.25) is 0 Å². The van der Waals surface area contributed by atoms with Crippen molar-refractivity contribution in [2.75, 3.05) is 13.2 Å². The van der Waals surface area contributed by atoms with E-state index in [9.17, 15) is 10.2 Å². The molecule has 0 heterocycles. The fourth-order valence-corrected chi connectivity index (χ4v) is 2.82. The smallest absolute Gasteiger partial charge is 0.115 e. The first-order valence-electron chi connectivity index (χ1n) is 7.93. The number of ether oxygens (including phenoxy) is 1. The molecule has 1 saturated carbocycles. The predicted octanol–water partition coefficient (Wildman–Crippen LogP) is 2.44. The first-order chi connectivity index (χ1) is 10.1. The van der Waals surface area contributed by atoms with Gasteiger partial charge >= 0.3 is 0 Å². The summed E-state index contributed by atoms with van der Waals surface area (Å²) in [5, 5.41) is 22.4. The van der Waals surface area contributed by atoms with Gasteiger partial charge in [0.15, 0.2) is 0 Å². The van der Waals surface area contributed by atoms with Crippen LogP contribution in [-0.2, 0) is 11.3 Å². The van der Waals surface area contributed by atoms with Crippen molar-refractivity contribution in [2.45, 2.75) is 51.4 Å². The standard InChI is InChI=1S/C17H27NO3/c1-13-4-2-3-5-17(13)21-12-16(20)11-18-10-14-6-8-15(19)9-7-14/h6-9,13,16-20H,2-5,10-12H2,1H3. The van der Waals surface area contributed by atoms with Crippen LogP contribution in [0, 0.1) is 5.92 Å². The molecule has 3 unspecified atom stereocenters. The summed E-state index contributed by atoms with van der Waals surface area (Å²) in [6.07, 6.45) is 4.73. The van der Waals surface area contributed by atoms with E-state index >= 15 is 0 Å². The minimum atomic E-state index is -0.476. The van der Waals surface area contributed by atoms with E-state index in [1.54, 1.807) is 12.1 Å². The minimum Gasteiger partial charge on any atom is -0.508 e. The maximum absolute atomic E-state index is 9.96. The maximum Gasteiger partial charge on any atom is 0.115 e. The molecule has 4 heteroatoms. The lowest BCUT2D eigenvalue weighted by Crippen LogP contribution is -2.34. The zero-order valence-electron chi connectivity index (χ0n) is 12.8. The summed E-state index contributed by atoms with van der Waals surface area (Å²) in [4.78, 5) is 0. The van der Waals surface area contributed by atoms with Gasteiger partial charge in [-0.2, -0.15) is 0 Å². The molecule has 1 aromatic carbocycles. The average Bonchev–Trinajstić information content (AvgIpc) is 2.48. The lowest BCUT2D eigenvalue weighted by atomic mass is 9.88. The van der Waals surface area contributed by atoms with Crippen molar-refractivity contribution in [1.82, 2.24) is 5.32 Å². The summed E-state index contributed by atoms with van der Waals surface area (Å²) >= 11 is 0. The Labute approximate surface area is 127 Å². The van der Waals surface area contributed by atoms with E-state index in [0.717, 1.165) is 12.0 Å². The Morgan fingerprint density at radius 1 is 1.24 bits per heavy atom. The van der Waals surface area contributed by atoms with Crippen molar-refractivity contribution in [3.63, 3.8) is 0 Å². The molecule has 0 saturated heterocycles. The molecule has 1 aliphatic carbocycles. The highest BCUT2D eigenvalue weighted by molar-refractivity contribution is 5.25. The number of rotatable bonds is 7. The van der Waals surface area contributed by atoms with Crippen molar-refractivity contribution in [3.05, 3.63) is 29.8 Å². The van der Waals surface area contributed by atoms with Crippen LogP contribution in [-0.4, -0.2) is 35.6 Å². The monoisotopic (exact) mass is 293 g/mol. The van der Waals surface area contributed by atoms with Crippen LogP contribution in [0.1, 0.15) is 38.2 Å². The average molecular weight is 293 g/mol. The molecule has 0 aromatic heterocycles. The topological polar surface area (TPSA) is 61.7 Å². The minimum absolute atomic E-state index is 0.272. The first kappa shape index (κ1) is 16.3. The zero-order chi connectivity index (χ0) is 15.1. The number of hydrogen-bond donors (Lipinski definition) is 3. The predicted molar refractivity (Wildman–Crippen MR) is 83.2 cm³/mol. The number of nitrogens with one attached hydrogen (secondary N) is 1. The van der Waals surface area contributed by atoms with E-state index in [-0.39, 0.29) is 5.75 Å². The molecular weight excluding hydrogens is 266 g/mol. The summed E-state index contributed by atoms with van der Waals surface area (Å²) in [7, 11) is 0. The number of phenols is 1. The zero-order valence-corrected chi connectivity index (χ0v) is 12.8. The lowest BCUT2D eigenvalue weighted by molar-refractivity contribution is -0.0452. The maximum atomic E-state index is 9.96. The number of phenolic OH excluding ortho intramolecular Hbond substituents is 1. The van der Waals surface area contributed by atoms with Crippen molar-refractivity contribution in [3.8, 4) is 5.75 Å². The molecule has 0 radical (unpaired) electrons. The SMILES string of the molecule is CC1CCCCC1OCC(O)CNCc1ccc(O)cc1. The third-order valence-electron chi connectivity index (χ3n) is 4.18.